The SMILES string of the molecule is COc1ccc(CN(C)C[C@H]2OCCCC[C@H](C)Oc3ccc(NC(=O)Nc4ccc(OC)cc4)cc3C(=O)N([C@H](C)CO)C[C@H]2C)cc1. The predicted molar refractivity (Wildman–Crippen MR) is 192 cm³/mol. The summed E-state index contributed by atoms with van der Waals surface area (Å²) in [5.41, 5.74) is 2.50. The van der Waals surface area contributed by atoms with Crippen molar-refractivity contribution in [2.75, 3.05) is 58.2 Å². The van der Waals surface area contributed by atoms with Crippen molar-refractivity contribution < 1.29 is 33.6 Å². The van der Waals surface area contributed by atoms with E-state index in [1.807, 2.05) is 26.0 Å². The Morgan fingerprint density at radius 3 is 2.27 bits per heavy atom. The molecule has 1 aliphatic heterocycles. The normalized spacial score (nSPS) is 19.6. The van der Waals surface area contributed by atoms with Gasteiger partial charge >= 0.3 is 6.03 Å². The number of anilines is 2. The fraction of sp³-hybridized carbons (Fsp3) is 0.474. The molecule has 3 N–H and O–H groups in total. The number of carbonyl (C=O) groups excluding carboxylic acids is 2. The number of rotatable bonds is 10. The van der Waals surface area contributed by atoms with Crippen LogP contribution >= 0.6 is 0 Å². The molecule has 3 aromatic carbocycles. The molecule has 0 spiro atoms. The van der Waals surface area contributed by atoms with Crippen LogP contribution in [0.25, 0.3) is 0 Å². The van der Waals surface area contributed by atoms with Gasteiger partial charge in [0, 0.05) is 43.5 Å². The molecule has 1 heterocycles. The molecule has 0 unspecified atom stereocenters. The summed E-state index contributed by atoms with van der Waals surface area (Å²) in [5, 5.41) is 15.9. The van der Waals surface area contributed by atoms with Crippen molar-refractivity contribution in [3.8, 4) is 17.2 Å². The van der Waals surface area contributed by atoms with Gasteiger partial charge in [0.25, 0.3) is 5.91 Å². The number of hydrogen-bond donors (Lipinski definition) is 3. The van der Waals surface area contributed by atoms with Crippen LogP contribution in [0.1, 0.15) is 56.0 Å². The molecule has 49 heavy (non-hydrogen) atoms. The summed E-state index contributed by atoms with van der Waals surface area (Å²) < 4.78 is 23.3. The Hall–Kier alpha value is -4.32. The maximum atomic E-state index is 14.4. The molecule has 3 aromatic rings. The molecule has 0 fully saturated rings. The number of aliphatic hydroxyl groups excluding tert-OH is 1. The van der Waals surface area contributed by atoms with Crippen molar-refractivity contribution in [2.24, 2.45) is 5.92 Å². The van der Waals surface area contributed by atoms with Gasteiger partial charge in [-0.25, -0.2) is 4.79 Å². The Balaban J connectivity index is 1.56. The number of nitrogens with one attached hydrogen (secondary N) is 2. The quantitative estimate of drug-likeness (QED) is 0.230. The van der Waals surface area contributed by atoms with Gasteiger partial charge in [-0.3, -0.25) is 9.69 Å². The highest BCUT2D eigenvalue weighted by Crippen LogP contribution is 2.29. The largest absolute Gasteiger partial charge is 0.497 e. The lowest BCUT2D eigenvalue weighted by Gasteiger charge is -2.36. The first-order valence-corrected chi connectivity index (χ1v) is 17.0. The van der Waals surface area contributed by atoms with Gasteiger partial charge in [0.15, 0.2) is 0 Å². The summed E-state index contributed by atoms with van der Waals surface area (Å²) in [5.74, 6) is 1.58. The molecule has 4 atom stereocenters. The standard InChI is InChI=1S/C38H52N4O7/c1-26-22-42(27(2)25-43)37(44)34-21-31(40-38(45)39-30-12-17-33(47-6)18-13-30)14-19-35(34)49-28(3)9-7-8-20-48-36(26)24-41(4)23-29-10-15-32(46-5)16-11-29/h10-19,21,26-28,36,43H,7-9,20,22-25H2,1-6H3,(H2,39,40,45)/t26-,27-,28+,36-/m1/s1. The molecular weight excluding hydrogens is 624 g/mol. The summed E-state index contributed by atoms with van der Waals surface area (Å²) in [6.45, 7) is 8.04. The van der Waals surface area contributed by atoms with Gasteiger partial charge in [0.05, 0.1) is 44.6 Å². The highest BCUT2D eigenvalue weighted by Gasteiger charge is 2.30. The summed E-state index contributed by atoms with van der Waals surface area (Å²) >= 11 is 0. The van der Waals surface area contributed by atoms with Crippen molar-refractivity contribution in [1.82, 2.24) is 9.80 Å². The molecule has 0 saturated carbocycles. The number of fused-ring (bicyclic) bond motifs is 1. The third-order valence-corrected chi connectivity index (χ3v) is 8.76. The Bertz CT molecular complexity index is 1480. The van der Waals surface area contributed by atoms with E-state index in [2.05, 4.69) is 41.6 Å². The van der Waals surface area contributed by atoms with Gasteiger partial charge in [0.2, 0.25) is 0 Å². The van der Waals surface area contributed by atoms with E-state index < -0.39 is 12.1 Å². The molecule has 0 radical (unpaired) electrons. The van der Waals surface area contributed by atoms with Gasteiger partial charge < -0.3 is 39.6 Å². The van der Waals surface area contributed by atoms with E-state index in [-0.39, 0.29) is 30.6 Å². The molecule has 0 aliphatic carbocycles. The molecular formula is C38H52N4O7. The lowest BCUT2D eigenvalue weighted by atomic mass is 10.0. The minimum Gasteiger partial charge on any atom is -0.497 e. The van der Waals surface area contributed by atoms with E-state index in [1.54, 1.807) is 61.6 Å². The minimum absolute atomic E-state index is 0.0564. The van der Waals surface area contributed by atoms with Crippen molar-refractivity contribution >= 4 is 23.3 Å². The predicted octanol–water partition coefficient (Wildman–Crippen LogP) is 6.28. The zero-order valence-corrected chi connectivity index (χ0v) is 29.6. The number of carbonyl (C=O) groups is 2. The first kappa shape index (κ1) is 37.5. The summed E-state index contributed by atoms with van der Waals surface area (Å²) in [6, 6.07) is 19.2. The first-order chi connectivity index (χ1) is 23.6. The monoisotopic (exact) mass is 676 g/mol. The van der Waals surface area contributed by atoms with E-state index in [9.17, 15) is 14.7 Å². The zero-order chi connectivity index (χ0) is 35.3. The topological polar surface area (TPSA) is 122 Å². The summed E-state index contributed by atoms with van der Waals surface area (Å²) in [6.07, 6.45) is 2.27. The molecule has 266 valence electrons. The molecule has 4 rings (SSSR count). The second-order valence-electron chi connectivity index (χ2n) is 12.9. The van der Waals surface area contributed by atoms with E-state index in [4.69, 9.17) is 18.9 Å². The number of nitrogens with zero attached hydrogens (tertiary/aromatic N) is 2. The Morgan fingerprint density at radius 1 is 0.980 bits per heavy atom. The van der Waals surface area contributed by atoms with Gasteiger partial charge in [-0.05, 0) is 100 Å². The highest BCUT2D eigenvalue weighted by atomic mass is 16.5. The van der Waals surface area contributed by atoms with E-state index in [0.717, 1.165) is 37.1 Å². The highest BCUT2D eigenvalue weighted by molar-refractivity contribution is 6.02. The molecule has 11 heteroatoms. The first-order valence-electron chi connectivity index (χ1n) is 17.0. The molecule has 1 aliphatic rings. The van der Waals surface area contributed by atoms with Crippen molar-refractivity contribution in [3.05, 3.63) is 77.9 Å². The van der Waals surface area contributed by atoms with E-state index >= 15 is 0 Å². The van der Waals surface area contributed by atoms with Gasteiger partial charge in [0.1, 0.15) is 17.2 Å². The number of amides is 3. The number of ether oxygens (including phenoxy) is 4. The summed E-state index contributed by atoms with van der Waals surface area (Å²) in [7, 11) is 5.31. The van der Waals surface area contributed by atoms with Crippen LogP contribution in [0.4, 0.5) is 16.2 Å². The van der Waals surface area contributed by atoms with Gasteiger partial charge in [-0.2, -0.15) is 0 Å². The molecule has 0 aromatic heterocycles. The smallest absolute Gasteiger partial charge is 0.323 e. The fourth-order valence-electron chi connectivity index (χ4n) is 5.85. The van der Waals surface area contributed by atoms with Crippen molar-refractivity contribution in [1.29, 1.82) is 0 Å². The Labute approximate surface area is 290 Å². The molecule has 0 bridgehead atoms. The number of likely N-dealkylation sites (N-methyl/N-ethyl adjacent to an activating group) is 1. The van der Waals surface area contributed by atoms with Crippen LogP contribution in [0, 0.1) is 5.92 Å². The minimum atomic E-state index is -0.471. The average molecular weight is 677 g/mol. The average Bonchev–Trinajstić information content (AvgIpc) is 3.10. The second-order valence-corrected chi connectivity index (χ2v) is 12.9. The van der Waals surface area contributed by atoms with Gasteiger partial charge in [-0.1, -0.05) is 19.1 Å². The zero-order valence-electron chi connectivity index (χ0n) is 29.6. The van der Waals surface area contributed by atoms with Crippen LogP contribution in [-0.4, -0.2) is 92.7 Å². The van der Waals surface area contributed by atoms with E-state index in [1.165, 1.54) is 0 Å². The third kappa shape index (κ3) is 11.1. The number of aliphatic hydroxyl groups is 1. The number of methoxy groups -OCH3 is 2. The molecule has 11 nitrogen and oxygen atoms in total. The maximum Gasteiger partial charge on any atom is 0.323 e. The number of benzene rings is 3. The van der Waals surface area contributed by atoms with Crippen LogP contribution in [0.2, 0.25) is 0 Å². The van der Waals surface area contributed by atoms with E-state index in [0.29, 0.717) is 48.1 Å². The van der Waals surface area contributed by atoms with Gasteiger partial charge in [-0.15, -0.1) is 0 Å². The maximum absolute atomic E-state index is 14.4. The number of urea groups is 1. The van der Waals surface area contributed by atoms with Crippen LogP contribution in [0.3, 0.4) is 0 Å². The van der Waals surface area contributed by atoms with Crippen molar-refractivity contribution in [2.45, 2.75) is 64.8 Å². The Morgan fingerprint density at radius 2 is 1.61 bits per heavy atom. The van der Waals surface area contributed by atoms with Crippen LogP contribution in [0.5, 0.6) is 17.2 Å². The molecule has 0 saturated heterocycles. The van der Waals surface area contributed by atoms with Crippen molar-refractivity contribution in [3.63, 3.8) is 0 Å². The second kappa shape index (κ2) is 18.4. The molecule has 3 amide bonds. The lowest BCUT2D eigenvalue weighted by Crippen LogP contribution is -2.47. The fourth-order valence-corrected chi connectivity index (χ4v) is 5.85. The lowest BCUT2D eigenvalue weighted by molar-refractivity contribution is -0.0177. The van der Waals surface area contributed by atoms with Crippen LogP contribution < -0.4 is 24.8 Å². The Kier molecular flexibility index (Phi) is 14.1. The summed E-state index contributed by atoms with van der Waals surface area (Å²) in [4.78, 5) is 31.2. The third-order valence-electron chi connectivity index (χ3n) is 8.76. The van der Waals surface area contributed by atoms with Crippen LogP contribution in [0.15, 0.2) is 66.7 Å². The van der Waals surface area contributed by atoms with Crippen LogP contribution in [-0.2, 0) is 11.3 Å². The number of hydrogen-bond acceptors (Lipinski definition) is 8.